The van der Waals surface area contributed by atoms with E-state index in [2.05, 4.69) is 21.2 Å². The van der Waals surface area contributed by atoms with E-state index in [1.807, 2.05) is 6.07 Å². The monoisotopic (exact) mass is 328 g/mol. The first-order valence-corrected chi connectivity index (χ1v) is 6.76. The smallest absolute Gasteiger partial charge is 0.335 e. The van der Waals surface area contributed by atoms with Crippen LogP contribution in [0.4, 0.5) is 5.69 Å². The number of nitriles is 1. The molecule has 0 radical (unpaired) electrons. The van der Waals surface area contributed by atoms with Gasteiger partial charge in [0, 0.05) is 4.47 Å². The van der Waals surface area contributed by atoms with Crippen molar-refractivity contribution >= 4 is 45.3 Å². The van der Waals surface area contributed by atoms with Gasteiger partial charge in [-0.05, 0) is 34.1 Å². The predicted octanol–water partition coefficient (Wildman–Crippen LogP) is 2.34. The van der Waals surface area contributed by atoms with Gasteiger partial charge in [-0.15, -0.1) is 11.8 Å². The van der Waals surface area contributed by atoms with Crippen molar-refractivity contribution in [1.29, 1.82) is 5.26 Å². The zero-order chi connectivity index (χ0) is 13.5. The van der Waals surface area contributed by atoms with Gasteiger partial charge in [-0.25, -0.2) is 4.79 Å². The number of amides is 1. The van der Waals surface area contributed by atoms with Gasteiger partial charge in [-0.3, -0.25) is 4.79 Å². The summed E-state index contributed by atoms with van der Waals surface area (Å²) in [7, 11) is 0. The van der Waals surface area contributed by atoms with Crippen molar-refractivity contribution < 1.29 is 14.7 Å². The van der Waals surface area contributed by atoms with E-state index < -0.39 is 5.97 Å². The highest BCUT2D eigenvalue weighted by Gasteiger charge is 2.09. The lowest BCUT2D eigenvalue weighted by atomic mass is 10.2. The van der Waals surface area contributed by atoms with Gasteiger partial charge in [0.2, 0.25) is 5.91 Å². The zero-order valence-electron chi connectivity index (χ0n) is 9.14. The molecular weight excluding hydrogens is 320 g/mol. The van der Waals surface area contributed by atoms with Crippen LogP contribution < -0.4 is 5.32 Å². The lowest BCUT2D eigenvalue weighted by Crippen LogP contribution is -2.14. The van der Waals surface area contributed by atoms with Crippen molar-refractivity contribution in [3.63, 3.8) is 0 Å². The Balaban J connectivity index is 2.65. The molecule has 0 atom stereocenters. The maximum Gasteiger partial charge on any atom is 0.335 e. The van der Waals surface area contributed by atoms with E-state index in [9.17, 15) is 9.59 Å². The van der Waals surface area contributed by atoms with Crippen molar-refractivity contribution in [1.82, 2.24) is 0 Å². The molecule has 0 fully saturated rings. The molecular formula is C11H9BrN2O3S. The van der Waals surface area contributed by atoms with Gasteiger partial charge in [-0.2, -0.15) is 5.26 Å². The van der Waals surface area contributed by atoms with E-state index in [1.165, 1.54) is 30.0 Å². The van der Waals surface area contributed by atoms with Crippen LogP contribution in [0.15, 0.2) is 22.7 Å². The van der Waals surface area contributed by atoms with Gasteiger partial charge >= 0.3 is 5.97 Å². The van der Waals surface area contributed by atoms with Gasteiger partial charge in [-0.1, -0.05) is 0 Å². The number of aromatic carboxylic acids is 1. The molecule has 1 aromatic rings. The molecule has 1 rings (SSSR count). The summed E-state index contributed by atoms with van der Waals surface area (Å²) >= 11 is 4.40. The number of nitrogens with one attached hydrogen (secondary N) is 1. The summed E-state index contributed by atoms with van der Waals surface area (Å²) in [4.78, 5) is 22.2. The number of nitrogens with zero attached hydrogens (tertiary/aromatic N) is 1. The molecule has 2 N–H and O–H groups in total. The van der Waals surface area contributed by atoms with Crippen molar-refractivity contribution in [3.8, 4) is 6.07 Å². The maximum absolute atomic E-state index is 11.5. The molecule has 0 aliphatic rings. The summed E-state index contributed by atoms with van der Waals surface area (Å²) in [6.07, 6.45) is 0. The minimum atomic E-state index is -1.03. The normalized spacial score (nSPS) is 9.56. The van der Waals surface area contributed by atoms with E-state index in [-0.39, 0.29) is 23.0 Å². The molecule has 0 aromatic heterocycles. The molecule has 0 unspecified atom stereocenters. The number of benzene rings is 1. The molecule has 5 nitrogen and oxygen atoms in total. The van der Waals surface area contributed by atoms with Gasteiger partial charge in [0.05, 0.1) is 28.8 Å². The molecule has 0 aliphatic carbocycles. The molecule has 0 heterocycles. The molecule has 0 aliphatic heterocycles. The second kappa shape index (κ2) is 7.03. The number of anilines is 1. The summed E-state index contributed by atoms with van der Waals surface area (Å²) in [6.45, 7) is 0. The Morgan fingerprint density at radius 3 is 2.78 bits per heavy atom. The number of rotatable bonds is 5. The maximum atomic E-state index is 11.5. The van der Waals surface area contributed by atoms with E-state index in [0.29, 0.717) is 10.2 Å². The third-order valence-electron chi connectivity index (χ3n) is 1.89. The second-order valence-electron chi connectivity index (χ2n) is 3.20. The highest BCUT2D eigenvalue weighted by Crippen LogP contribution is 2.23. The molecule has 0 spiro atoms. The van der Waals surface area contributed by atoms with Gasteiger partial charge < -0.3 is 10.4 Å². The number of hydrogen-bond acceptors (Lipinski definition) is 4. The quantitative estimate of drug-likeness (QED) is 0.809. The average Bonchev–Trinajstić information content (AvgIpc) is 2.32. The van der Waals surface area contributed by atoms with Crippen LogP contribution in [-0.2, 0) is 4.79 Å². The van der Waals surface area contributed by atoms with Crippen LogP contribution in [0.2, 0.25) is 0 Å². The number of hydrogen-bond donors (Lipinski definition) is 2. The Hall–Kier alpha value is -1.52. The molecule has 0 saturated heterocycles. The first-order chi connectivity index (χ1) is 8.54. The van der Waals surface area contributed by atoms with E-state index in [1.54, 1.807) is 0 Å². The molecule has 7 heteroatoms. The fraction of sp³-hybridized carbons (Fsp3) is 0.182. The highest BCUT2D eigenvalue weighted by molar-refractivity contribution is 9.10. The molecule has 94 valence electrons. The Labute approximate surface area is 116 Å². The summed E-state index contributed by atoms with van der Waals surface area (Å²) in [5.41, 5.74) is 0.640. The lowest BCUT2D eigenvalue weighted by Gasteiger charge is -2.07. The number of halogens is 1. The van der Waals surface area contributed by atoms with E-state index in [4.69, 9.17) is 10.4 Å². The highest BCUT2D eigenvalue weighted by atomic mass is 79.9. The van der Waals surface area contributed by atoms with E-state index >= 15 is 0 Å². The second-order valence-corrected chi connectivity index (χ2v) is 5.04. The van der Waals surface area contributed by atoms with Crippen LogP contribution in [0.3, 0.4) is 0 Å². The zero-order valence-corrected chi connectivity index (χ0v) is 11.5. The fourth-order valence-corrected chi connectivity index (χ4v) is 2.05. The van der Waals surface area contributed by atoms with Gasteiger partial charge in [0.15, 0.2) is 0 Å². The largest absolute Gasteiger partial charge is 0.478 e. The molecule has 0 bridgehead atoms. The summed E-state index contributed by atoms with van der Waals surface area (Å²) in [5, 5.41) is 19.7. The molecule has 18 heavy (non-hydrogen) atoms. The summed E-state index contributed by atoms with van der Waals surface area (Å²) in [5.74, 6) is -0.829. The van der Waals surface area contributed by atoms with Crippen LogP contribution in [0.5, 0.6) is 0 Å². The number of carboxylic acids is 1. The fourth-order valence-electron chi connectivity index (χ4n) is 1.13. The number of carbonyl (C=O) groups is 2. The van der Waals surface area contributed by atoms with Crippen LogP contribution in [0.1, 0.15) is 10.4 Å². The molecule has 1 amide bonds. The topological polar surface area (TPSA) is 90.2 Å². The van der Waals surface area contributed by atoms with Crippen molar-refractivity contribution in [3.05, 3.63) is 28.2 Å². The minimum Gasteiger partial charge on any atom is -0.478 e. The van der Waals surface area contributed by atoms with Crippen molar-refractivity contribution in [2.45, 2.75) is 0 Å². The number of carbonyl (C=O) groups excluding carboxylic acids is 1. The Kier molecular flexibility index (Phi) is 5.68. The predicted molar refractivity (Wildman–Crippen MR) is 72.7 cm³/mol. The Morgan fingerprint density at radius 1 is 1.50 bits per heavy atom. The van der Waals surface area contributed by atoms with Crippen molar-refractivity contribution in [2.24, 2.45) is 0 Å². The Bertz CT molecular complexity index is 514. The molecule has 0 saturated carbocycles. The lowest BCUT2D eigenvalue weighted by molar-refractivity contribution is -0.113. The van der Waals surface area contributed by atoms with E-state index in [0.717, 1.165) is 0 Å². The van der Waals surface area contributed by atoms with Crippen LogP contribution in [-0.4, -0.2) is 28.5 Å². The Morgan fingerprint density at radius 2 is 2.22 bits per heavy atom. The van der Waals surface area contributed by atoms with Crippen LogP contribution in [0.25, 0.3) is 0 Å². The van der Waals surface area contributed by atoms with Crippen LogP contribution >= 0.6 is 27.7 Å². The number of carboxylic acid groups (broad SMARTS) is 1. The van der Waals surface area contributed by atoms with Gasteiger partial charge in [0.25, 0.3) is 0 Å². The average molecular weight is 329 g/mol. The SMILES string of the molecule is N#CCSCC(=O)Nc1ccc(C(=O)O)cc1Br. The van der Waals surface area contributed by atoms with Gasteiger partial charge in [0.1, 0.15) is 0 Å². The number of thioether (sulfide) groups is 1. The summed E-state index contributed by atoms with van der Waals surface area (Å²) < 4.78 is 0.501. The first-order valence-electron chi connectivity index (χ1n) is 4.82. The third kappa shape index (κ3) is 4.39. The van der Waals surface area contributed by atoms with Crippen molar-refractivity contribution in [2.75, 3.05) is 16.8 Å². The standard InChI is InChI=1S/C11H9BrN2O3S/c12-8-5-7(11(16)17)1-2-9(8)14-10(15)6-18-4-3-13/h1-2,5H,4,6H2,(H,14,15)(H,16,17). The third-order valence-corrected chi connectivity index (χ3v) is 3.35. The summed E-state index contributed by atoms with van der Waals surface area (Å²) in [6, 6.07) is 6.27. The molecule has 1 aromatic carbocycles. The van der Waals surface area contributed by atoms with Crippen LogP contribution in [0, 0.1) is 11.3 Å². The minimum absolute atomic E-state index is 0.138. The first kappa shape index (κ1) is 14.5.